The van der Waals surface area contributed by atoms with Gasteiger partial charge in [0.25, 0.3) is 5.69 Å². The van der Waals surface area contributed by atoms with Gasteiger partial charge in [0.2, 0.25) is 0 Å². The number of hydrogen-bond donors (Lipinski definition) is 1. The zero-order chi connectivity index (χ0) is 16.0. The molecule has 0 fully saturated rings. The predicted molar refractivity (Wildman–Crippen MR) is 78.3 cm³/mol. The molecule has 2 aromatic rings. The van der Waals surface area contributed by atoms with E-state index in [4.69, 9.17) is 0 Å². The zero-order valence-electron chi connectivity index (χ0n) is 11.1. The second-order valence-corrected chi connectivity index (χ2v) is 5.76. The van der Waals surface area contributed by atoms with Gasteiger partial charge in [-0.2, -0.15) is 0 Å². The maximum Gasteiger partial charge on any atom is 0.300 e. The monoisotopic (exact) mass is 321 g/mol. The van der Waals surface area contributed by atoms with Crippen LogP contribution in [0.2, 0.25) is 0 Å². The van der Waals surface area contributed by atoms with Gasteiger partial charge in [0, 0.05) is 15.9 Å². The Balaban J connectivity index is 2.21. The molecule has 1 aliphatic rings. The van der Waals surface area contributed by atoms with Crippen LogP contribution in [0.15, 0.2) is 34.1 Å². The maximum atomic E-state index is 13.5. The molecule has 0 radical (unpaired) electrons. The fraction of sp³-hybridized carbons (Fsp3) is 0.0769. The minimum atomic E-state index is -0.694. The second-order valence-electron chi connectivity index (χ2n) is 4.68. The van der Waals surface area contributed by atoms with Crippen LogP contribution in [0.5, 0.6) is 0 Å². The van der Waals surface area contributed by atoms with Crippen LogP contribution >= 0.6 is 11.8 Å². The molecule has 0 saturated heterocycles. The first-order chi connectivity index (χ1) is 10.4. The molecule has 3 rings (SSSR count). The number of nitro groups is 2. The number of rotatable bonds is 2. The summed E-state index contributed by atoms with van der Waals surface area (Å²) in [5.74, 6) is -0.436. The average Bonchev–Trinajstić information content (AvgIpc) is 2.43. The van der Waals surface area contributed by atoms with Gasteiger partial charge in [0.05, 0.1) is 21.6 Å². The van der Waals surface area contributed by atoms with Gasteiger partial charge in [-0.05, 0) is 24.6 Å². The smallest absolute Gasteiger partial charge is 0.300 e. The molecule has 1 heterocycles. The minimum absolute atomic E-state index is 0.183. The number of aryl methyl sites for hydroxylation is 1. The van der Waals surface area contributed by atoms with Crippen LogP contribution in [0.4, 0.5) is 27.1 Å². The summed E-state index contributed by atoms with van der Waals surface area (Å²) in [7, 11) is 0. The Hall–Kier alpha value is -2.68. The summed E-state index contributed by atoms with van der Waals surface area (Å²) in [6.45, 7) is 1.68. The van der Waals surface area contributed by atoms with Crippen LogP contribution in [0, 0.1) is 33.0 Å². The minimum Gasteiger partial charge on any atom is -0.348 e. The van der Waals surface area contributed by atoms with Gasteiger partial charge in [-0.15, -0.1) is 0 Å². The number of nitrogens with zero attached hydrogens (tertiary/aromatic N) is 2. The van der Waals surface area contributed by atoms with Gasteiger partial charge in [0.15, 0.2) is 0 Å². The van der Waals surface area contributed by atoms with Gasteiger partial charge in [-0.1, -0.05) is 11.8 Å². The molecular weight excluding hydrogens is 313 g/mol. The van der Waals surface area contributed by atoms with Crippen LogP contribution in [-0.2, 0) is 0 Å². The molecule has 1 aliphatic heterocycles. The topological polar surface area (TPSA) is 98.3 Å². The largest absolute Gasteiger partial charge is 0.348 e. The second kappa shape index (κ2) is 4.95. The lowest BCUT2D eigenvalue weighted by atomic mass is 10.1. The summed E-state index contributed by atoms with van der Waals surface area (Å²) in [6.07, 6.45) is 0. The quantitative estimate of drug-likeness (QED) is 0.562. The molecular formula is C13H8FN3O4S. The molecule has 0 atom stereocenters. The number of fused-ring (bicyclic) bond motifs is 2. The molecule has 2 aromatic carbocycles. The summed E-state index contributed by atoms with van der Waals surface area (Å²) in [5.41, 5.74) is 0.585. The Kier molecular flexibility index (Phi) is 3.21. The molecule has 1 N–H and O–H groups in total. The summed E-state index contributed by atoms with van der Waals surface area (Å²) in [6, 6.07) is 4.75. The number of halogens is 1. The van der Waals surface area contributed by atoms with Crippen molar-refractivity contribution in [3.8, 4) is 0 Å². The summed E-state index contributed by atoms with van der Waals surface area (Å²) in [5, 5.41) is 25.0. The van der Waals surface area contributed by atoms with E-state index in [1.54, 1.807) is 6.92 Å². The Morgan fingerprint density at radius 1 is 1.05 bits per heavy atom. The Morgan fingerprint density at radius 3 is 2.36 bits per heavy atom. The van der Waals surface area contributed by atoms with E-state index in [0.29, 0.717) is 21.0 Å². The Morgan fingerprint density at radius 2 is 1.73 bits per heavy atom. The average molecular weight is 321 g/mol. The van der Waals surface area contributed by atoms with E-state index in [2.05, 4.69) is 5.32 Å². The Labute approximate surface area is 127 Å². The molecule has 0 aliphatic carbocycles. The van der Waals surface area contributed by atoms with E-state index in [9.17, 15) is 24.6 Å². The van der Waals surface area contributed by atoms with E-state index in [0.717, 1.165) is 17.8 Å². The van der Waals surface area contributed by atoms with E-state index < -0.39 is 15.7 Å². The highest BCUT2D eigenvalue weighted by Crippen LogP contribution is 2.50. The first kappa shape index (κ1) is 14.3. The van der Waals surface area contributed by atoms with E-state index in [1.807, 2.05) is 0 Å². The van der Waals surface area contributed by atoms with Crippen LogP contribution in [0.1, 0.15) is 5.56 Å². The first-order valence-electron chi connectivity index (χ1n) is 6.08. The number of anilines is 2. The molecule has 7 nitrogen and oxygen atoms in total. The van der Waals surface area contributed by atoms with Crippen molar-refractivity contribution in [2.75, 3.05) is 5.32 Å². The zero-order valence-corrected chi connectivity index (χ0v) is 11.9. The normalized spacial score (nSPS) is 12.1. The third-order valence-corrected chi connectivity index (χ3v) is 4.29. The van der Waals surface area contributed by atoms with Crippen LogP contribution in [0.25, 0.3) is 0 Å². The van der Waals surface area contributed by atoms with Crippen LogP contribution in [0.3, 0.4) is 0 Å². The molecule has 112 valence electrons. The third-order valence-electron chi connectivity index (χ3n) is 3.21. The number of benzene rings is 2. The van der Waals surface area contributed by atoms with E-state index in [1.165, 1.54) is 18.2 Å². The molecule has 0 bridgehead atoms. The summed E-state index contributed by atoms with van der Waals surface area (Å²) < 4.78 is 13.5. The third kappa shape index (κ3) is 2.25. The molecule has 0 spiro atoms. The van der Waals surface area contributed by atoms with Crippen molar-refractivity contribution < 1.29 is 14.2 Å². The molecule has 0 unspecified atom stereocenters. The lowest BCUT2D eigenvalue weighted by Crippen LogP contribution is -2.06. The number of non-ortho nitro benzene ring substituents is 1. The van der Waals surface area contributed by atoms with Crippen molar-refractivity contribution in [2.45, 2.75) is 16.7 Å². The lowest BCUT2D eigenvalue weighted by Gasteiger charge is -2.22. The SMILES string of the molecule is Cc1cc(F)cc2c1Nc1c(cc([N+](=O)[O-])cc1[N+](=O)[O-])S2. The predicted octanol–water partition coefficient (Wildman–Crippen LogP) is 4.16. The summed E-state index contributed by atoms with van der Waals surface area (Å²) >= 11 is 1.06. The molecule has 0 aromatic heterocycles. The summed E-state index contributed by atoms with van der Waals surface area (Å²) in [4.78, 5) is 21.6. The highest BCUT2D eigenvalue weighted by molar-refractivity contribution is 7.99. The van der Waals surface area contributed by atoms with Gasteiger partial charge >= 0.3 is 5.69 Å². The van der Waals surface area contributed by atoms with Crippen molar-refractivity contribution in [3.63, 3.8) is 0 Å². The van der Waals surface area contributed by atoms with Crippen molar-refractivity contribution in [2.24, 2.45) is 0 Å². The van der Waals surface area contributed by atoms with Crippen molar-refractivity contribution in [1.82, 2.24) is 0 Å². The van der Waals surface area contributed by atoms with Crippen molar-refractivity contribution >= 4 is 34.5 Å². The first-order valence-corrected chi connectivity index (χ1v) is 6.90. The fourth-order valence-corrected chi connectivity index (χ4v) is 3.40. The molecule has 0 amide bonds. The van der Waals surface area contributed by atoms with Crippen molar-refractivity contribution in [3.05, 3.63) is 55.9 Å². The van der Waals surface area contributed by atoms with Crippen molar-refractivity contribution in [1.29, 1.82) is 0 Å². The number of nitro benzene ring substituents is 2. The van der Waals surface area contributed by atoms with Gasteiger partial charge in [-0.3, -0.25) is 20.2 Å². The molecule has 22 heavy (non-hydrogen) atoms. The Bertz CT molecular complexity index is 841. The van der Waals surface area contributed by atoms with Crippen LogP contribution in [-0.4, -0.2) is 9.85 Å². The van der Waals surface area contributed by atoms with Crippen LogP contribution < -0.4 is 5.32 Å². The highest BCUT2D eigenvalue weighted by Gasteiger charge is 2.29. The van der Waals surface area contributed by atoms with Gasteiger partial charge < -0.3 is 5.32 Å². The maximum absolute atomic E-state index is 13.5. The lowest BCUT2D eigenvalue weighted by molar-refractivity contribution is -0.393. The number of hydrogen-bond acceptors (Lipinski definition) is 6. The standard InChI is InChI=1S/C13H8FN3O4S/c1-6-2-7(14)3-10-12(6)15-13-9(17(20)21)4-8(16(18)19)5-11(13)22-10/h2-5,15H,1H3. The van der Waals surface area contributed by atoms with E-state index in [-0.39, 0.29) is 17.1 Å². The highest BCUT2D eigenvalue weighted by atomic mass is 32.2. The molecule has 0 saturated carbocycles. The molecule has 9 heteroatoms. The number of nitrogens with one attached hydrogen (secondary N) is 1. The van der Waals surface area contributed by atoms with Gasteiger partial charge in [-0.25, -0.2) is 4.39 Å². The fourth-order valence-electron chi connectivity index (χ4n) is 2.24. The van der Waals surface area contributed by atoms with Gasteiger partial charge in [0.1, 0.15) is 11.5 Å². The van der Waals surface area contributed by atoms with E-state index >= 15 is 0 Å².